The van der Waals surface area contributed by atoms with Crippen LogP contribution in [0, 0.1) is 0 Å². The molecule has 86 valence electrons. The van der Waals surface area contributed by atoms with E-state index in [9.17, 15) is 0 Å². The predicted octanol–water partition coefficient (Wildman–Crippen LogP) is -1.78. The molecule has 15 heavy (non-hydrogen) atoms. The summed E-state index contributed by atoms with van der Waals surface area (Å²) in [4.78, 5) is 2.41. The first-order chi connectivity index (χ1) is 6.80. The van der Waals surface area contributed by atoms with Gasteiger partial charge in [0.15, 0.2) is 0 Å². The molecule has 0 amide bonds. The average molecular weight is 230 g/mol. The van der Waals surface area contributed by atoms with E-state index < -0.39 is 0 Å². The Labute approximate surface area is 98.4 Å². The molecule has 1 aromatic rings. The minimum absolute atomic E-state index is 0. The third-order valence-corrected chi connectivity index (χ3v) is 2.49. The van der Waals surface area contributed by atoms with Crippen molar-refractivity contribution in [1.82, 2.24) is 9.47 Å². The van der Waals surface area contributed by atoms with Crippen molar-refractivity contribution in [1.29, 1.82) is 0 Å². The predicted molar refractivity (Wildman–Crippen MR) is 58.8 cm³/mol. The van der Waals surface area contributed by atoms with E-state index in [0.29, 0.717) is 0 Å². The van der Waals surface area contributed by atoms with Crippen LogP contribution in [0.1, 0.15) is 13.8 Å². The van der Waals surface area contributed by atoms with Gasteiger partial charge >= 0.3 is 0 Å². The highest BCUT2D eigenvalue weighted by Gasteiger charge is 2.03. The van der Waals surface area contributed by atoms with Gasteiger partial charge in [-0.15, -0.1) is 0 Å². The third kappa shape index (κ3) is 4.49. The number of likely N-dealkylation sites (N-methyl/N-ethyl adjacent to an activating group) is 1. The maximum absolute atomic E-state index is 3.71. The van der Waals surface area contributed by atoms with Gasteiger partial charge in [0.05, 0.1) is 6.20 Å². The Morgan fingerprint density at radius 2 is 2.07 bits per heavy atom. The molecule has 0 aliphatic rings. The molecule has 0 bridgehead atoms. The Bertz CT molecular complexity index is 279. The molecule has 4 heteroatoms. The molecule has 1 aromatic heterocycles. The van der Waals surface area contributed by atoms with Crippen molar-refractivity contribution in [3.63, 3.8) is 0 Å². The normalized spacial score (nSPS) is 10.1. The van der Waals surface area contributed by atoms with Crippen molar-refractivity contribution >= 4 is 6.20 Å². The zero-order valence-electron chi connectivity index (χ0n) is 9.56. The van der Waals surface area contributed by atoms with E-state index in [-0.39, 0.29) is 12.4 Å². The average Bonchev–Trinajstić information content (AvgIpc) is 2.67. The monoisotopic (exact) mass is 229 g/mol. The second-order valence-electron chi connectivity index (χ2n) is 3.31. The standard InChI is InChI=1S/C11H20N3.ClH/c1-4-12(5-2)7-9-14-10-8-13(6-3)11-14;/h6,8,10-11H,3-5,7,9H2,1-2H3;1H/q+1;/p-1. The molecule has 0 aliphatic carbocycles. The van der Waals surface area contributed by atoms with Gasteiger partial charge in [0, 0.05) is 6.54 Å². The number of nitrogens with zero attached hydrogens (tertiary/aromatic N) is 3. The van der Waals surface area contributed by atoms with E-state index in [1.54, 1.807) is 6.20 Å². The second-order valence-corrected chi connectivity index (χ2v) is 3.31. The van der Waals surface area contributed by atoms with Gasteiger partial charge in [-0.3, -0.25) is 4.90 Å². The number of aromatic nitrogens is 2. The summed E-state index contributed by atoms with van der Waals surface area (Å²) in [6.45, 7) is 12.5. The lowest BCUT2D eigenvalue weighted by atomic mass is 10.4. The van der Waals surface area contributed by atoms with E-state index >= 15 is 0 Å². The highest BCUT2D eigenvalue weighted by atomic mass is 35.5. The van der Waals surface area contributed by atoms with E-state index in [2.05, 4.69) is 42.4 Å². The topological polar surface area (TPSA) is 12.0 Å². The van der Waals surface area contributed by atoms with Crippen LogP contribution in [-0.2, 0) is 6.54 Å². The van der Waals surface area contributed by atoms with E-state index in [4.69, 9.17) is 0 Å². The van der Waals surface area contributed by atoms with Gasteiger partial charge in [0.1, 0.15) is 18.9 Å². The Morgan fingerprint density at radius 3 is 2.53 bits per heavy atom. The first-order valence-electron chi connectivity index (χ1n) is 5.21. The maximum Gasteiger partial charge on any atom is 0.248 e. The molecular weight excluding hydrogens is 210 g/mol. The number of halogens is 1. The van der Waals surface area contributed by atoms with Crippen LogP contribution in [0.25, 0.3) is 6.20 Å². The number of hydrogen-bond acceptors (Lipinski definition) is 1. The molecule has 1 rings (SSSR count). The van der Waals surface area contributed by atoms with E-state index in [0.717, 1.165) is 26.2 Å². The summed E-state index contributed by atoms with van der Waals surface area (Å²) in [5.41, 5.74) is 0. The van der Waals surface area contributed by atoms with E-state index in [1.165, 1.54) is 0 Å². The highest BCUT2D eigenvalue weighted by Crippen LogP contribution is 1.90. The first-order valence-corrected chi connectivity index (χ1v) is 5.21. The van der Waals surface area contributed by atoms with Crippen LogP contribution >= 0.6 is 0 Å². The fourth-order valence-electron chi connectivity index (χ4n) is 1.45. The first kappa shape index (κ1) is 14.2. The summed E-state index contributed by atoms with van der Waals surface area (Å²) < 4.78 is 4.14. The highest BCUT2D eigenvalue weighted by molar-refractivity contribution is 4.94. The molecule has 0 saturated carbocycles. The summed E-state index contributed by atoms with van der Waals surface area (Å²) >= 11 is 0. The summed E-state index contributed by atoms with van der Waals surface area (Å²) in [5.74, 6) is 0. The largest absolute Gasteiger partial charge is 1.00 e. The molecule has 0 N–H and O–H groups in total. The van der Waals surface area contributed by atoms with Crippen LogP contribution in [-0.4, -0.2) is 29.1 Å². The lowest BCUT2D eigenvalue weighted by Gasteiger charge is -2.15. The molecular formula is C11H20ClN3. The molecule has 0 radical (unpaired) electrons. The second kappa shape index (κ2) is 7.49. The van der Waals surface area contributed by atoms with Crippen LogP contribution in [0.15, 0.2) is 25.3 Å². The lowest BCUT2D eigenvalue weighted by molar-refractivity contribution is -0.567. The maximum atomic E-state index is 3.71. The number of hydrogen-bond donors (Lipinski definition) is 0. The van der Waals surface area contributed by atoms with Gasteiger partial charge in [0.25, 0.3) is 0 Å². The van der Waals surface area contributed by atoms with Gasteiger partial charge in [-0.1, -0.05) is 20.4 Å². The van der Waals surface area contributed by atoms with Crippen LogP contribution in [0.2, 0.25) is 0 Å². The summed E-state index contributed by atoms with van der Waals surface area (Å²) in [6.07, 6.45) is 7.94. The van der Waals surface area contributed by atoms with E-state index in [1.807, 2.05) is 10.8 Å². The molecule has 0 aromatic carbocycles. The Hall–Kier alpha value is -0.800. The quantitative estimate of drug-likeness (QED) is 0.526. The Kier molecular flexibility index (Phi) is 7.09. The molecule has 0 fully saturated rings. The van der Waals surface area contributed by atoms with Gasteiger partial charge in [0.2, 0.25) is 6.33 Å². The van der Waals surface area contributed by atoms with Crippen LogP contribution in [0.5, 0.6) is 0 Å². The smallest absolute Gasteiger partial charge is 0.248 e. The van der Waals surface area contributed by atoms with Gasteiger partial charge in [-0.05, 0) is 13.1 Å². The Balaban J connectivity index is 0.00000196. The third-order valence-electron chi connectivity index (χ3n) is 2.49. The van der Waals surface area contributed by atoms with Crippen LogP contribution in [0.4, 0.5) is 0 Å². The van der Waals surface area contributed by atoms with Crippen molar-refractivity contribution < 1.29 is 17.0 Å². The number of imidazole rings is 1. The molecule has 0 spiro atoms. The van der Waals surface area contributed by atoms with Crippen molar-refractivity contribution in [3.8, 4) is 0 Å². The molecule has 0 aliphatic heterocycles. The fourth-order valence-corrected chi connectivity index (χ4v) is 1.45. The van der Waals surface area contributed by atoms with Crippen LogP contribution in [0.3, 0.4) is 0 Å². The zero-order valence-corrected chi connectivity index (χ0v) is 10.3. The minimum atomic E-state index is 0. The van der Waals surface area contributed by atoms with Crippen LogP contribution < -0.4 is 17.0 Å². The summed E-state index contributed by atoms with van der Waals surface area (Å²) in [5, 5.41) is 0. The SMILES string of the molecule is C=C[n+]1ccn(CCN(CC)CC)c1.[Cl-]. The molecule has 1 heterocycles. The molecule has 3 nitrogen and oxygen atoms in total. The van der Waals surface area contributed by atoms with Crippen molar-refractivity contribution in [2.24, 2.45) is 0 Å². The van der Waals surface area contributed by atoms with Gasteiger partial charge in [-0.25, -0.2) is 9.13 Å². The lowest BCUT2D eigenvalue weighted by Crippen LogP contribution is -3.00. The van der Waals surface area contributed by atoms with Gasteiger partial charge in [-0.2, -0.15) is 0 Å². The molecule has 0 atom stereocenters. The zero-order chi connectivity index (χ0) is 10.4. The van der Waals surface area contributed by atoms with Crippen molar-refractivity contribution in [3.05, 3.63) is 25.3 Å². The summed E-state index contributed by atoms with van der Waals surface area (Å²) in [6, 6.07) is 0. The number of rotatable bonds is 6. The molecule has 0 saturated heterocycles. The summed E-state index contributed by atoms with van der Waals surface area (Å²) in [7, 11) is 0. The van der Waals surface area contributed by atoms with Crippen molar-refractivity contribution in [2.45, 2.75) is 20.4 Å². The fraction of sp³-hybridized carbons (Fsp3) is 0.545. The van der Waals surface area contributed by atoms with Crippen molar-refractivity contribution in [2.75, 3.05) is 19.6 Å². The molecule has 0 unspecified atom stereocenters. The Morgan fingerprint density at radius 1 is 1.40 bits per heavy atom. The minimum Gasteiger partial charge on any atom is -1.00 e. The van der Waals surface area contributed by atoms with Gasteiger partial charge < -0.3 is 12.4 Å².